The molecule has 1 aliphatic heterocycles. The lowest BCUT2D eigenvalue weighted by Gasteiger charge is -2.17. The van der Waals surface area contributed by atoms with E-state index in [1.165, 1.54) is 0 Å². The Labute approximate surface area is 181 Å². The van der Waals surface area contributed by atoms with Crippen LogP contribution in [0.1, 0.15) is 71.4 Å². The Hall–Kier alpha value is -3.55. The van der Waals surface area contributed by atoms with Crippen LogP contribution in [0.2, 0.25) is 0 Å². The lowest BCUT2D eigenvalue weighted by molar-refractivity contribution is 0.0952. The number of nitrogens with one attached hydrogen (secondary N) is 1. The molecule has 1 aliphatic rings. The van der Waals surface area contributed by atoms with Crippen LogP contribution >= 0.6 is 0 Å². The maximum Gasteiger partial charge on any atom is 0.276 e. The molecule has 1 aromatic carbocycles. The number of carbonyl (C=O) groups excluding carboxylic acids is 2. The Kier molecular flexibility index (Phi) is 5.79. The second kappa shape index (κ2) is 8.67. The van der Waals surface area contributed by atoms with Gasteiger partial charge in [-0.15, -0.1) is 0 Å². The Morgan fingerprint density at radius 1 is 1.19 bits per heavy atom. The normalized spacial score (nSPS) is 15.2. The fourth-order valence-electron chi connectivity index (χ4n) is 3.68. The average Bonchev–Trinajstić information content (AvgIpc) is 3.42. The molecule has 8 heteroatoms. The summed E-state index contributed by atoms with van der Waals surface area (Å²) in [5, 5.41) is 7.54. The molecule has 1 N–H and O–H groups in total. The molecule has 31 heavy (non-hydrogen) atoms. The van der Waals surface area contributed by atoms with Crippen molar-refractivity contribution in [2.45, 2.75) is 39.2 Å². The van der Waals surface area contributed by atoms with Gasteiger partial charge in [0, 0.05) is 36.6 Å². The predicted octanol–water partition coefficient (Wildman–Crippen LogP) is 3.19. The van der Waals surface area contributed by atoms with Crippen molar-refractivity contribution in [3.63, 3.8) is 0 Å². The minimum Gasteiger partial charge on any atom is -0.352 e. The van der Waals surface area contributed by atoms with E-state index in [2.05, 4.69) is 20.4 Å². The van der Waals surface area contributed by atoms with Crippen molar-refractivity contribution in [2.75, 3.05) is 18.0 Å². The van der Waals surface area contributed by atoms with E-state index >= 15 is 0 Å². The first-order valence-electron chi connectivity index (χ1n) is 10.6. The van der Waals surface area contributed by atoms with E-state index in [1.54, 1.807) is 46.4 Å². The number of anilines is 1. The van der Waals surface area contributed by atoms with E-state index in [0.717, 1.165) is 17.7 Å². The third-order valence-electron chi connectivity index (χ3n) is 5.35. The third-order valence-corrected chi connectivity index (χ3v) is 5.35. The maximum absolute atomic E-state index is 13.2. The summed E-state index contributed by atoms with van der Waals surface area (Å²) in [5.41, 5.74) is 2.57. The fraction of sp³-hybridized carbons (Fsp3) is 0.348. The van der Waals surface area contributed by atoms with Gasteiger partial charge in [-0.1, -0.05) is 13.0 Å². The molecular weight excluding hydrogens is 392 g/mol. The Balaban J connectivity index is 1.73. The number of pyridine rings is 1. The Bertz CT molecular complexity index is 1090. The summed E-state index contributed by atoms with van der Waals surface area (Å²) < 4.78 is 1.80. The highest BCUT2D eigenvalue weighted by atomic mass is 16.2. The second-order valence-electron chi connectivity index (χ2n) is 7.89. The van der Waals surface area contributed by atoms with Crippen LogP contribution in [-0.2, 0) is 0 Å². The molecule has 3 heterocycles. The summed E-state index contributed by atoms with van der Waals surface area (Å²) in [7, 11) is 0. The molecule has 0 aliphatic carbocycles. The first-order chi connectivity index (χ1) is 15.0. The molecule has 2 aromatic heterocycles. The van der Waals surface area contributed by atoms with Crippen LogP contribution in [0, 0.1) is 0 Å². The zero-order chi connectivity index (χ0) is 22.0. The van der Waals surface area contributed by atoms with Crippen LogP contribution in [0.25, 0.3) is 0 Å². The molecule has 3 aromatic rings. The Morgan fingerprint density at radius 2 is 2.03 bits per heavy atom. The molecule has 0 unspecified atom stereocenters. The first-order valence-corrected chi connectivity index (χ1v) is 10.6. The largest absolute Gasteiger partial charge is 0.352 e. The van der Waals surface area contributed by atoms with E-state index in [4.69, 9.17) is 0 Å². The van der Waals surface area contributed by atoms with Crippen LogP contribution in [0.3, 0.4) is 0 Å². The van der Waals surface area contributed by atoms with Gasteiger partial charge < -0.3 is 10.2 Å². The molecule has 4 rings (SSSR count). The van der Waals surface area contributed by atoms with Crippen molar-refractivity contribution in [1.82, 2.24) is 25.1 Å². The molecule has 8 nitrogen and oxygen atoms in total. The SMILES string of the molecule is CCCNC(=O)c1ccc2c(c1)[C@@H](c1ncn(C(C)C)n1)CN2C(=O)c1ccccn1. The summed E-state index contributed by atoms with van der Waals surface area (Å²) in [4.78, 5) is 36.2. The van der Waals surface area contributed by atoms with Gasteiger partial charge in [-0.05, 0) is 56.2 Å². The number of carbonyl (C=O) groups is 2. The van der Waals surface area contributed by atoms with Crippen LogP contribution in [0.5, 0.6) is 0 Å². The molecule has 160 valence electrons. The van der Waals surface area contributed by atoms with Gasteiger partial charge in [0.05, 0.1) is 5.92 Å². The summed E-state index contributed by atoms with van der Waals surface area (Å²) in [6, 6.07) is 10.9. The number of hydrogen-bond acceptors (Lipinski definition) is 5. The lowest BCUT2D eigenvalue weighted by atomic mass is 9.98. The van der Waals surface area contributed by atoms with Gasteiger partial charge in [0.1, 0.15) is 12.0 Å². The minimum atomic E-state index is -0.221. The van der Waals surface area contributed by atoms with Crippen molar-refractivity contribution < 1.29 is 9.59 Å². The van der Waals surface area contributed by atoms with Crippen molar-refractivity contribution in [1.29, 1.82) is 0 Å². The average molecular weight is 419 g/mol. The second-order valence-corrected chi connectivity index (χ2v) is 7.89. The standard InChI is InChI=1S/C23H26N6O2/c1-4-10-25-22(30)16-8-9-20-17(12-16)18(21-26-14-29(27-21)15(2)3)13-28(20)23(31)19-7-5-6-11-24-19/h5-9,11-12,14-15,18H,4,10,13H2,1-3H3,(H,25,30)/t18-/m0/s1. The van der Waals surface area contributed by atoms with Gasteiger partial charge in [0.25, 0.3) is 11.8 Å². The van der Waals surface area contributed by atoms with Crippen LogP contribution in [0.4, 0.5) is 5.69 Å². The van der Waals surface area contributed by atoms with Crippen molar-refractivity contribution >= 4 is 17.5 Å². The monoisotopic (exact) mass is 418 g/mol. The number of rotatable bonds is 6. The number of amides is 2. The molecule has 2 amide bonds. The highest BCUT2D eigenvalue weighted by Gasteiger charge is 2.36. The summed E-state index contributed by atoms with van der Waals surface area (Å²) in [5.74, 6) is 0.105. The Morgan fingerprint density at radius 3 is 2.71 bits per heavy atom. The first kappa shape index (κ1) is 20.7. The molecule has 1 atom stereocenters. The fourth-order valence-corrected chi connectivity index (χ4v) is 3.68. The van der Waals surface area contributed by atoms with E-state index in [0.29, 0.717) is 30.2 Å². The zero-order valence-corrected chi connectivity index (χ0v) is 17.9. The highest BCUT2D eigenvalue weighted by Crippen LogP contribution is 2.40. The van der Waals surface area contributed by atoms with E-state index in [9.17, 15) is 9.59 Å². The highest BCUT2D eigenvalue weighted by molar-refractivity contribution is 6.07. The smallest absolute Gasteiger partial charge is 0.276 e. The maximum atomic E-state index is 13.2. The van der Waals surface area contributed by atoms with Crippen molar-refractivity contribution in [2.24, 2.45) is 0 Å². The van der Waals surface area contributed by atoms with E-state index < -0.39 is 0 Å². The molecule has 0 spiro atoms. The van der Waals surface area contributed by atoms with Gasteiger partial charge in [-0.2, -0.15) is 5.10 Å². The van der Waals surface area contributed by atoms with Gasteiger partial charge in [-0.25, -0.2) is 4.98 Å². The number of hydrogen-bond donors (Lipinski definition) is 1. The summed E-state index contributed by atoms with van der Waals surface area (Å²) in [6.07, 6.45) is 4.18. The van der Waals surface area contributed by atoms with Crippen LogP contribution < -0.4 is 10.2 Å². The van der Waals surface area contributed by atoms with Crippen molar-refractivity contribution in [3.8, 4) is 0 Å². The van der Waals surface area contributed by atoms with Gasteiger partial charge in [0.15, 0.2) is 5.82 Å². The number of benzene rings is 1. The number of aromatic nitrogens is 4. The van der Waals surface area contributed by atoms with Crippen LogP contribution in [0.15, 0.2) is 48.9 Å². The minimum absolute atomic E-state index is 0.126. The lowest BCUT2D eigenvalue weighted by Crippen LogP contribution is -2.30. The molecule has 0 saturated carbocycles. The van der Waals surface area contributed by atoms with Crippen molar-refractivity contribution in [3.05, 3.63) is 71.6 Å². The molecule has 0 bridgehead atoms. The molecular formula is C23H26N6O2. The van der Waals surface area contributed by atoms with E-state index in [1.807, 2.05) is 32.9 Å². The topological polar surface area (TPSA) is 93.0 Å². The van der Waals surface area contributed by atoms with Gasteiger partial charge in [0.2, 0.25) is 0 Å². The molecule has 0 saturated heterocycles. The third kappa shape index (κ3) is 4.05. The summed E-state index contributed by atoms with van der Waals surface area (Å²) in [6.45, 7) is 7.09. The number of fused-ring (bicyclic) bond motifs is 1. The van der Waals surface area contributed by atoms with Gasteiger partial charge >= 0.3 is 0 Å². The predicted molar refractivity (Wildman–Crippen MR) is 117 cm³/mol. The zero-order valence-electron chi connectivity index (χ0n) is 17.9. The molecule has 0 radical (unpaired) electrons. The van der Waals surface area contributed by atoms with Gasteiger partial charge in [-0.3, -0.25) is 19.3 Å². The van der Waals surface area contributed by atoms with E-state index in [-0.39, 0.29) is 23.8 Å². The quantitative estimate of drug-likeness (QED) is 0.664. The number of nitrogens with zero attached hydrogens (tertiary/aromatic N) is 5. The molecule has 0 fully saturated rings. The summed E-state index contributed by atoms with van der Waals surface area (Å²) >= 11 is 0. The van der Waals surface area contributed by atoms with Crippen LogP contribution in [-0.4, -0.2) is 44.7 Å².